The molecule has 3 rings (SSSR count). The molecule has 0 bridgehead atoms. The van der Waals surface area contributed by atoms with E-state index < -0.39 is 0 Å². The Morgan fingerprint density at radius 2 is 2.26 bits per heavy atom. The van der Waals surface area contributed by atoms with Crippen molar-refractivity contribution < 1.29 is 4.74 Å². The second kappa shape index (κ2) is 8.59. The van der Waals surface area contributed by atoms with Gasteiger partial charge in [0.2, 0.25) is 0 Å². The van der Waals surface area contributed by atoms with Crippen LogP contribution in [0.3, 0.4) is 0 Å². The molecule has 0 radical (unpaired) electrons. The van der Waals surface area contributed by atoms with Crippen molar-refractivity contribution in [2.24, 2.45) is 0 Å². The summed E-state index contributed by atoms with van der Waals surface area (Å²) in [6.07, 6.45) is 5.23. The van der Waals surface area contributed by atoms with Gasteiger partial charge in [-0.3, -0.25) is 9.58 Å². The van der Waals surface area contributed by atoms with Crippen LogP contribution in [0.5, 0.6) is 0 Å². The highest BCUT2D eigenvalue weighted by atomic mass is 32.1. The first-order chi connectivity index (χ1) is 11.4. The van der Waals surface area contributed by atoms with E-state index in [4.69, 9.17) is 4.74 Å². The zero-order valence-electron chi connectivity index (χ0n) is 13.8. The van der Waals surface area contributed by atoms with E-state index in [0.717, 1.165) is 52.4 Å². The van der Waals surface area contributed by atoms with Crippen LogP contribution in [0.2, 0.25) is 0 Å². The lowest BCUT2D eigenvalue weighted by atomic mass is 10.2. The van der Waals surface area contributed by atoms with Crippen LogP contribution in [0.15, 0.2) is 29.9 Å². The van der Waals surface area contributed by atoms with Gasteiger partial charge in [0.15, 0.2) is 0 Å². The predicted octanol–water partition coefficient (Wildman–Crippen LogP) is 2.52. The Kier molecular flexibility index (Phi) is 6.21. The number of thiophene rings is 1. The van der Waals surface area contributed by atoms with Crippen LogP contribution in [0.1, 0.15) is 29.8 Å². The predicted molar refractivity (Wildman–Crippen MR) is 93.7 cm³/mol. The number of aromatic nitrogens is 2. The molecule has 126 valence electrons. The Hall–Kier alpha value is -1.21. The molecule has 6 heteroatoms. The Labute approximate surface area is 142 Å². The minimum atomic E-state index is 0.435. The number of aryl methyl sites for hydroxylation is 1. The Morgan fingerprint density at radius 1 is 1.39 bits per heavy atom. The summed E-state index contributed by atoms with van der Waals surface area (Å²) in [6.45, 7) is 8.70. The third-order valence-corrected chi connectivity index (χ3v) is 5.14. The van der Waals surface area contributed by atoms with Crippen LogP contribution in [0.4, 0.5) is 0 Å². The maximum Gasteiger partial charge on any atom is 0.0594 e. The summed E-state index contributed by atoms with van der Waals surface area (Å²) in [5.74, 6) is 0. The summed E-state index contributed by atoms with van der Waals surface area (Å²) in [5, 5.41) is 10.2. The summed E-state index contributed by atoms with van der Waals surface area (Å²) in [5.41, 5.74) is 1.25. The van der Waals surface area contributed by atoms with Crippen LogP contribution in [-0.4, -0.2) is 47.5 Å². The molecule has 0 aromatic carbocycles. The summed E-state index contributed by atoms with van der Waals surface area (Å²) in [6, 6.07) is 4.82. The van der Waals surface area contributed by atoms with E-state index in [1.165, 1.54) is 10.4 Å². The third-order valence-electron chi connectivity index (χ3n) is 4.16. The third kappa shape index (κ3) is 4.64. The fraction of sp³-hybridized carbons (Fsp3) is 0.588. The summed E-state index contributed by atoms with van der Waals surface area (Å²) in [4.78, 5) is 3.96. The Bertz CT molecular complexity index is 563. The van der Waals surface area contributed by atoms with Crippen molar-refractivity contribution >= 4 is 11.3 Å². The molecule has 1 fully saturated rings. The maximum atomic E-state index is 5.50. The topological polar surface area (TPSA) is 42.3 Å². The van der Waals surface area contributed by atoms with Crippen molar-refractivity contribution in [1.82, 2.24) is 20.0 Å². The van der Waals surface area contributed by atoms with E-state index >= 15 is 0 Å². The van der Waals surface area contributed by atoms with E-state index in [9.17, 15) is 0 Å². The molecule has 1 aliphatic rings. The first-order valence-electron chi connectivity index (χ1n) is 8.44. The van der Waals surface area contributed by atoms with Crippen LogP contribution < -0.4 is 5.32 Å². The molecule has 0 unspecified atom stereocenters. The molecular formula is C17H26N4OS. The Balaban J connectivity index is 1.55. The maximum absolute atomic E-state index is 5.50. The standard InChI is InChI=1S/C17H26N4OS/c1-2-5-21-14-15(12-19-21)11-18-13-16(17-4-3-10-23-17)20-6-8-22-9-7-20/h3-4,10,12,14,16,18H,2,5-9,11,13H2,1H3/t16-/m1/s1. The number of hydrogen-bond acceptors (Lipinski definition) is 5. The number of ether oxygens (including phenoxy) is 1. The number of rotatable bonds is 8. The molecule has 1 atom stereocenters. The number of nitrogens with one attached hydrogen (secondary N) is 1. The van der Waals surface area contributed by atoms with E-state index in [0.29, 0.717) is 6.04 Å². The summed E-state index contributed by atoms with van der Waals surface area (Å²) < 4.78 is 7.52. The lowest BCUT2D eigenvalue weighted by Gasteiger charge is -2.34. The fourth-order valence-corrected chi connectivity index (χ4v) is 3.84. The summed E-state index contributed by atoms with van der Waals surface area (Å²) >= 11 is 1.84. The monoisotopic (exact) mass is 334 g/mol. The van der Waals surface area contributed by atoms with Gasteiger partial charge in [-0.2, -0.15) is 5.10 Å². The molecule has 1 aliphatic heterocycles. The van der Waals surface area contributed by atoms with Crippen molar-refractivity contribution in [3.05, 3.63) is 40.3 Å². The van der Waals surface area contributed by atoms with E-state index in [1.54, 1.807) is 0 Å². The van der Waals surface area contributed by atoms with E-state index in [-0.39, 0.29) is 0 Å². The van der Waals surface area contributed by atoms with Crippen LogP contribution >= 0.6 is 11.3 Å². The first kappa shape index (κ1) is 16.6. The minimum Gasteiger partial charge on any atom is -0.379 e. The number of nitrogens with zero attached hydrogens (tertiary/aromatic N) is 3. The zero-order valence-corrected chi connectivity index (χ0v) is 14.6. The van der Waals surface area contributed by atoms with Crippen molar-refractivity contribution in [1.29, 1.82) is 0 Å². The van der Waals surface area contributed by atoms with E-state index in [1.807, 2.05) is 22.2 Å². The number of morpholine rings is 1. The van der Waals surface area contributed by atoms with Crippen molar-refractivity contribution in [2.75, 3.05) is 32.8 Å². The number of hydrogen-bond donors (Lipinski definition) is 1. The molecule has 0 amide bonds. The molecule has 1 saturated heterocycles. The summed E-state index contributed by atoms with van der Waals surface area (Å²) in [7, 11) is 0. The van der Waals surface area contributed by atoms with Gasteiger partial charge >= 0.3 is 0 Å². The molecule has 2 aromatic rings. The van der Waals surface area contributed by atoms with Gasteiger partial charge in [0.1, 0.15) is 0 Å². The molecular weight excluding hydrogens is 308 g/mol. The zero-order chi connectivity index (χ0) is 15.9. The van der Waals surface area contributed by atoms with Crippen molar-refractivity contribution in [3.63, 3.8) is 0 Å². The lowest BCUT2D eigenvalue weighted by Crippen LogP contribution is -2.42. The van der Waals surface area contributed by atoms with Gasteiger partial charge in [0.25, 0.3) is 0 Å². The van der Waals surface area contributed by atoms with Gasteiger partial charge in [-0.15, -0.1) is 11.3 Å². The van der Waals surface area contributed by atoms with Crippen molar-refractivity contribution in [3.8, 4) is 0 Å². The molecule has 0 saturated carbocycles. The van der Waals surface area contributed by atoms with Crippen LogP contribution in [0, 0.1) is 0 Å². The second-order valence-electron chi connectivity index (χ2n) is 5.92. The highest BCUT2D eigenvalue weighted by molar-refractivity contribution is 7.10. The Morgan fingerprint density at radius 3 is 3.00 bits per heavy atom. The van der Waals surface area contributed by atoms with Gasteiger partial charge in [0.05, 0.1) is 25.5 Å². The molecule has 3 heterocycles. The highest BCUT2D eigenvalue weighted by Crippen LogP contribution is 2.25. The molecule has 23 heavy (non-hydrogen) atoms. The first-order valence-corrected chi connectivity index (χ1v) is 9.32. The molecule has 5 nitrogen and oxygen atoms in total. The molecule has 0 spiro atoms. The van der Waals surface area contributed by atoms with Gasteiger partial charge in [-0.1, -0.05) is 13.0 Å². The van der Waals surface area contributed by atoms with Gasteiger partial charge in [-0.25, -0.2) is 0 Å². The lowest BCUT2D eigenvalue weighted by molar-refractivity contribution is 0.0168. The smallest absolute Gasteiger partial charge is 0.0594 e. The van der Waals surface area contributed by atoms with Crippen LogP contribution in [0.25, 0.3) is 0 Å². The minimum absolute atomic E-state index is 0.435. The quantitative estimate of drug-likeness (QED) is 0.805. The SMILES string of the molecule is CCCn1cc(CNC[C@H](c2cccs2)N2CCOCC2)cn1. The molecule has 2 aromatic heterocycles. The largest absolute Gasteiger partial charge is 0.379 e. The van der Waals surface area contributed by atoms with Crippen molar-refractivity contribution in [2.45, 2.75) is 32.5 Å². The molecule has 0 aliphatic carbocycles. The molecule has 1 N–H and O–H groups in total. The fourth-order valence-electron chi connectivity index (χ4n) is 2.98. The highest BCUT2D eigenvalue weighted by Gasteiger charge is 2.23. The average Bonchev–Trinajstić information content (AvgIpc) is 3.25. The van der Waals surface area contributed by atoms with Gasteiger partial charge < -0.3 is 10.1 Å². The average molecular weight is 334 g/mol. The second-order valence-corrected chi connectivity index (χ2v) is 6.90. The van der Waals surface area contributed by atoms with Crippen LogP contribution in [-0.2, 0) is 17.8 Å². The van der Waals surface area contributed by atoms with Gasteiger partial charge in [0, 0.05) is 49.4 Å². The van der Waals surface area contributed by atoms with E-state index in [2.05, 4.69) is 45.9 Å². The normalized spacial score (nSPS) is 17.4. The van der Waals surface area contributed by atoms with Gasteiger partial charge in [-0.05, 0) is 17.9 Å².